The molecule has 1 aliphatic heterocycles. The number of hydrogen-bond donors (Lipinski definition) is 0. The van der Waals surface area contributed by atoms with Gasteiger partial charge < -0.3 is 23.7 Å². The molecule has 0 bridgehead atoms. The molecule has 0 aliphatic carbocycles. The Morgan fingerprint density at radius 3 is 1.90 bits per heavy atom. The minimum Gasteiger partial charge on any atom is -0.496 e. The minimum atomic E-state index is -0.733. The second-order valence-corrected chi connectivity index (χ2v) is 5.96. The lowest BCUT2D eigenvalue weighted by molar-refractivity contribution is -0.144. The zero-order valence-electron chi connectivity index (χ0n) is 16.5. The fourth-order valence-electron chi connectivity index (χ4n) is 2.27. The van der Waals surface area contributed by atoms with Crippen LogP contribution in [-0.2, 0) is 42.9 Å². The number of carbonyl (C=O) groups excluding carboxylic acids is 4. The summed E-state index contributed by atoms with van der Waals surface area (Å²) in [5, 5.41) is 0. The number of hydrogen-bond acceptors (Lipinski definition) is 10. The summed E-state index contributed by atoms with van der Waals surface area (Å²) in [5.74, 6) is -2.57. The molecule has 0 unspecified atom stereocenters. The van der Waals surface area contributed by atoms with Gasteiger partial charge in [0.1, 0.15) is 12.4 Å². The predicted molar refractivity (Wildman–Crippen MR) is 99.3 cm³/mol. The average Bonchev–Trinajstić information content (AvgIpc) is 2.71. The molecule has 0 aromatic rings. The molecule has 160 valence electrons. The number of rotatable bonds is 10. The quantitative estimate of drug-likeness (QED) is 0.276. The van der Waals surface area contributed by atoms with E-state index in [2.05, 4.69) is 16.1 Å². The Balaban J connectivity index is 2.61. The smallest absolute Gasteiger partial charge is 0.331 e. The van der Waals surface area contributed by atoms with Gasteiger partial charge >= 0.3 is 23.9 Å². The van der Waals surface area contributed by atoms with Gasteiger partial charge in [0, 0.05) is 43.3 Å². The SMILES string of the molecule is C=C1CN(CC(COC(=O)/C=C/C(=O)OC)COC(=O)/C=C/C(=O)OC)CCO1. The Morgan fingerprint density at radius 2 is 1.45 bits per heavy atom. The van der Waals surface area contributed by atoms with Crippen LogP contribution in [0.25, 0.3) is 0 Å². The van der Waals surface area contributed by atoms with Crippen molar-refractivity contribution in [1.82, 2.24) is 4.90 Å². The van der Waals surface area contributed by atoms with Gasteiger partial charge in [0.2, 0.25) is 0 Å². The molecule has 0 atom stereocenters. The van der Waals surface area contributed by atoms with Crippen LogP contribution in [0, 0.1) is 5.92 Å². The Labute approximate surface area is 168 Å². The Hall–Kier alpha value is -3.14. The Kier molecular flexibility index (Phi) is 10.8. The molecule has 0 amide bonds. The van der Waals surface area contributed by atoms with Gasteiger partial charge in [-0.25, -0.2) is 19.2 Å². The fraction of sp³-hybridized carbons (Fsp3) is 0.474. The third-order valence-electron chi connectivity index (χ3n) is 3.67. The summed E-state index contributed by atoms with van der Waals surface area (Å²) in [5.41, 5.74) is 0. The number of methoxy groups -OCH3 is 2. The molecule has 1 heterocycles. The molecule has 0 radical (unpaired) electrons. The van der Waals surface area contributed by atoms with Gasteiger partial charge in [0.25, 0.3) is 0 Å². The molecule has 0 saturated carbocycles. The van der Waals surface area contributed by atoms with Crippen molar-refractivity contribution in [2.45, 2.75) is 0 Å². The topological polar surface area (TPSA) is 118 Å². The lowest BCUT2D eigenvalue weighted by Crippen LogP contribution is -2.40. The van der Waals surface area contributed by atoms with Gasteiger partial charge in [0.05, 0.1) is 34.0 Å². The molecule has 10 nitrogen and oxygen atoms in total. The van der Waals surface area contributed by atoms with E-state index in [0.717, 1.165) is 24.3 Å². The lowest BCUT2D eigenvalue weighted by atomic mass is 10.1. The van der Waals surface area contributed by atoms with Crippen LogP contribution in [0.15, 0.2) is 36.6 Å². The van der Waals surface area contributed by atoms with Gasteiger partial charge in [-0.3, -0.25) is 4.90 Å². The highest BCUT2D eigenvalue weighted by atomic mass is 16.5. The highest BCUT2D eigenvalue weighted by molar-refractivity contribution is 5.92. The maximum atomic E-state index is 11.7. The van der Waals surface area contributed by atoms with E-state index in [1.165, 1.54) is 14.2 Å². The molecular weight excluding hydrogens is 386 g/mol. The number of nitrogens with zero attached hydrogens (tertiary/aromatic N) is 1. The van der Waals surface area contributed by atoms with Gasteiger partial charge in [-0.05, 0) is 0 Å². The summed E-state index contributed by atoms with van der Waals surface area (Å²) in [6.07, 6.45) is 3.79. The van der Waals surface area contributed by atoms with E-state index in [1.54, 1.807) is 0 Å². The van der Waals surface area contributed by atoms with E-state index in [9.17, 15) is 19.2 Å². The molecule has 1 fully saturated rings. The number of morpholine rings is 1. The van der Waals surface area contributed by atoms with E-state index < -0.39 is 23.9 Å². The minimum absolute atomic E-state index is 0.0534. The molecule has 1 rings (SSSR count). The maximum Gasteiger partial charge on any atom is 0.331 e. The molecule has 0 aromatic carbocycles. The van der Waals surface area contributed by atoms with Crippen LogP contribution in [0.1, 0.15) is 0 Å². The number of carbonyl (C=O) groups is 4. The normalized spacial score (nSPS) is 14.7. The summed E-state index contributed by atoms with van der Waals surface area (Å²) >= 11 is 0. The third kappa shape index (κ3) is 10.7. The number of ether oxygens (including phenoxy) is 5. The van der Waals surface area contributed by atoms with Gasteiger partial charge in [-0.2, -0.15) is 0 Å². The predicted octanol–water partition coefficient (Wildman–Crippen LogP) is -0.00670. The first-order valence-electron chi connectivity index (χ1n) is 8.72. The monoisotopic (exact) mass is 411 g/mol. The van der Waals surface area contributed by atoms with Crippen LogP contribution >= 0.6 is 0 Å². The zero-order chi connectivity index (χ0) is 21.6. The fourth-order valence-corrected chi connectivity index (χ4v) is 2.27. The lowest BCUT2D eigenvalue weighted by Gasteiger charge is -2.31. The summed E-state index contributed by atoms with van der Waals surface area (Å²) in [4.78, 5) is 47.5. The average molecular weight is 411 g/mol. The molecule has 29 heavy (non-hydrogen) atoms. The number of esters is 4. The Bertz CT molecular complexity index is 627. The van der Waals surface area contributed by atoms with E-state index in [4.69, 9.17) is 14.2 Å². The van der Waals surface area contributed by atoms with Crippen LogP contribution in [0.4, 0.5) is 0 Å². The van der Waals surface area contributed by atoms with Crippen molar-refractivity contribution in [2.24, 2.45) is 5.92 Å². The summed E-state index contributed by atoms with van der Waals surface area (Å²) in [6.45, 7) is 5.74. The zero-order valence-corrected chi connectivity index (χ0v) is 16.5. The summed E-state index contributed by atoms with van der Waals surface area (Å²) in [6, 6.07) is 0. The van der Waals surface area contributed by atoms with E-state index >= 15 is 0 Å². The maximum absolute atomic E-state index is 11.7. The van der Waals surface area contributed by atoms with Crippen molar-refractivity contribution < 1.29 is 42.9 Å². The molecular formula is C19H25NO9. The van der Waals surface area contributed by atoms with Crippen molar-refractivity contribution in [2.75, 3.05) is 53.7 Å². The third-order valence-corrected chi connectivity index (χ3v) is 3.67. The van der Waals surface area contributed by atoms with Crippen molar-refractivity contribution >= 4 is 23.9 Å². The first kappa shape index (κ1) is 23.9. The van der Waals surface area contributed by atoms with Gasteiger partial charge in [-0.15, -0.1) is 0 Å². The second kappa shape index (κ2) is 13.1. The molecule has 1 aliphatic rings. The largest absolute Gasteiger partial charge is 0.496 e. The standard InChI is InChI=1S/C19H25NO9/c1-14-10-20(8-9-27-14)11-15(12-28-18(23)6-4-16(21)25-2)13-29-19(24)7-5-17(22)26-3/h4-7,15H,1,8-13H2,2-3H3/b6-4+,7-5+. The van der Waals surface area contributed by atoms with Crippen LogP contribution in [-0.4, -0.2) is 82.5 Å². The van der Waals surface area contributed by atoms with Gasteiger partial charge in [0.15, 0.2) is 0 Å². The van der Waals surface area contributed by atoms with Crippen LogP contribution in [0.2, 0.25) is 0 Å². The van der Waals surface area contributed by atoms with Crippen molar-refractivity contribution in [1.29, 1.82) is 0 Å². The van der Waals surface area contributed by atoms with Crippen LogP contribution in [0.3, 0.4) is 0 Å². The highest BCUT2D eigenvalue weighted by Crippen LogP contribution is 2.11. The van der Waals surface area contributed by atoms with Crippen molar-refractivity contribution in [3.8, 4) is 0 Å². The van der Waals surface area contributed by atoms with Gasteiger partial charge in [-0.1, -0.05) is 6.58 Å². The van der Waals surface area contributed by atoms with E-state index in [-0.39, 0.29) is 19.1 Å². The first-order valence-corrected chi connectivity index (χ1v) is 8.72. The van der Waals surface area contributed by atoms with Crippen LogP contribution < -0.4 is 0 Å². The summed E-state index contributed by atoms with van der Waals surface area (Å²) < 4.78 is 24.3. The van der Waals surface area contributed by atoms with Crippen molar-refractivity contribution in [3.05, 3.63) is 36.6 Å². The van der Waals surface area contributed by atoms with Crippen molar-refractivity contribution in [3.63, 3.8) is 0 Å². The molecule has 0 N–H and O–H groups in total. The summed E-state index contributed by atoms with van der Waals surface area (Å²) in [7, 11) is 2.38. The van der Waals surface area contributed by atoms with E-state index in [1.807, 2.05) is 4.90 Å². The second-order valence-electron chi connectivity index (χ2n) is 5.96. The molecule has 10 heteroatoms. The van der Waals surface area contributed by atoms with Crippen LogP contribution in [0.5, 0.6) is 0 Å². The highest BCUT2D eigenvalue weighted by Gasteiger charge is 2.21. The molecule has 1 saturated heterocycles. The van der Waals surface area contributed by atoms with E-state index in [0.29, 0.717) is 32.0 Å². The Morgan fingerprint density at radius 1 is 0.966 bits per heavy atom. The molecule has 0 spiro atoms. The first-order chi connectivity index (χ1) is 13.8. The molecule has 0 aromatic heterocycles.